The second kappa shape index (κ2) is 6.94. The molecule has 116 valence electrons. The summed E-state index contributed by atoms with van der Waals surface area (Å²) in [5.41, 5.74) is 7.38. The van der Waals surface area contributed by atoms with Gasteiger partial charge in [-0.15, -0.1) is 0 Å². The van der Waals surface area contributed by atoms with Crippen LogP contribution >= 0.6 is 0 Å². The van der Waals surface area contributed by atoms with Gasteiger partial charge in [-0.1, -0.05) is 32.0 Å². The van der Waals surface area contributed by atoms with Crippen molar-refractivity contribution in [1.29, 1.82) is 0 Å². The van der Waals surface area contributed by atoms with E-state index in [0.29, 0.717) is 18.9 Å². The van der Waals surface area contributed by atoms with Crippen LogP contribution in [0.25, 0.3) is 0 Å². The number of nitrogens with zero attached hydrogens (tertiary/aromatic N) is 1. The van der Waals surface area contributed by atoms with Crippen molar-refractivity contribution in [2.24, 2.45) is 11.7 Å². The van der Waals surface area contributed by atoms with Crippen molar-refractivity contribution in [2.45, 2.75) is 45.7 Å². The lowest BCUT2D eigenvalue weighted by molar-refractivity contribution is -0.138. The number of hydrogen-bond donors (Lipinski definition) is 1. The molecule has 1 aromatic rings. The number of carbonyl (C=O) groups excluding carboxylic acids is 1. The summed E-state index contributed by atoms with van der Waals surface area (Å²) in [7, 11) is 0. The van der Waals surface area contributed by atoms with Gasteiger partial charge in [-0.2, -0.15) is 0 Å². The van der Waals surface area contributed by atoms with Crippen molar-refractivity contribution in [1.82, 2.24) is 4.90 Å². The van der Waals surface area contributed by atoms with E-state index in [1.807, 2.05) is 36.1 Å². The van der Waals surface area contributed by atoms with Crippen LogP contribution in [0.2, 0.25) is 0 Å². The quantitative estimate of drug-likeness (QED) is 0.907. The van der Waals surface area contributed by atoms with E-state index < -0.39 is 0 Å². The van der Waals surface area contributed by atoms with Crippen LogP contribution in [0.15, 0.2) is 24.3 Å². The highest BCUT2D eigenvalue weighted by Gasteiger charge is 2.36. The van der Waals surface area contributed by atoms with Crippen molar-refractivity contribution in [3.63, 3.8) is 0 Å². The summed E-state index contributed by atoms with van der Waals surface area (Å²) in [5, 5.41) is 0. The first-order valence-electron chi connectivity index (χ1n) is 7.81. The van der Waals surface area contributed by atoms with Gasteiger partial charge in [0.25, 0.3) is 0 Å². The molecule has 4 heteroatoms. The van der Waals surface area contributed by atoms with Gasteiger partial charge < -0.3 is 15.4 Å². The van der Waals surface area contributed by atoms with E-state index in [0.717, 1.165) is 24.3 Å². The maximum Gasteiger partial charge on any atom is 0.223 e. The standard InChI is InChI=1S/C17H26N2O2/c1-4-21-15-8-6-5-7-13(15)17-14(18)9-10-16(20)19(17)11-12(2)3/h5-8,12,14,17H,4,9-11,18H2,1-3H3. The fraction of sp³-hybridized carbons (Fsp3) is 0.588. The first-order chi connectivity index (χ1) is 10.0. The van der Waals surface area contributed by atoms with Crippen LogP contribution in [-0.4, -0.2) is 30.0 Å². The number of amides is 1. The largest absolute Gasteiger partial charge is 0.494 e. The van der Waals surface area contributed by atoms with Gasteiger partial charge in [-0.05, 0) is 25.3 Å². The Hall–Kier alpha value is -1.55. The second-order valence-electron chi connectivity index (χ2n) is 6.06. The molecule has 2 atom stereocenters. The number of nitrogens with two attached hydrogens (primary N) is 1. The second-order valence-corrected chi connectivity index (χ2v) is 6.06. The van der Waals surface area contributed by atoms with Gasteiger partial charge in [0.1, 0.15) is 5.75 Å². The van der Waals surface area contributed by atoms with Crippen LogP contribution in [-0.2, 0) is 4.79 Å². The zero-order chi connectivity index (χ0) is 15.4. The number of rotatable bonds is 5. The predicted octanol–water partition coefficient (Wildman–Crippen LogP) is 2.73. The summed E-state index contributed by atoms with van der Waals surface area (Å²) in [6.07, 6.45) is 1.28. The number of ether oxygens (including phenoxy) is 1. The predicted molar refractivity (Wildman–Crippen MR) is 84.1 cm³/mol. The maximum absolute atomic E-state index is 12.4. The molecule has 1 aliphatic rings. The molecule has 0 bridgehead atoms. The molecule has 1 amide bonds. The smallest absolute Gasteiger partial charge is 0.223 e. The lowest BCUT2D eigenvalue weighted by atomic mass is 9.89. The number of carbonyl (C=O) groups is 1. The third-order valence-electron chi connectivity index (χ3n) is 3.85. The van der Waals surface area contributed by atoms with Gasteiger partial charge >= 0.3 is 0 Å². The van der Waals surface area contributed by atoms with Crippen molar-refractivity contribution >= 4 is 5.91 Å². The number of para-hydroxylation sites is 1. The fourth-order valence-electron chi connectivity index (χ4n) is 3.00. The highest BCUT2D eigenvalue weighted by molar-refractivity contribution is 5.78. The molecule has 2 unspecified atom stereocenters. The lowest BCUT2D eigenvalue weighted by Crippen LogP contribution is -2.50. The van der Waals surface area contributed by atoms with E-state index in [4.69, 9.17) is 10.5 Å². The van der Waals surface area contributed by atoms with Crippen molar-refractivity contribution in [2.75, 3.05) is 13.2 Å². The van der Waals surface area contributed by atoms with Gasteiger partial charge in [0.15, 0.2) is 0 Å². The van der Waals surface area contributed by atoms with Gasteiger partial charge in [-0.3, -0.25) is 4.79 Å². The van der Waals surface area contributed by atoms with Gasteiger partial charge in [0, 0.05) is 24.6 Å². The Labute approximate surface area is 127 Å². The summed E-state index contributed by atoms with van der Waals surface area (Å²) < 4.78 is 5.73. The van der Waals surface area contributed by atoms with Crippen LogP contribution in [0, 0.1) is 5.92 Å². The Balaban J connectivity index is 2.38. The van der Waals surface area contributed by atoms with Gasteiger partial charge in [-0.25, -0.2) is 0 Å². The average molecular weight is 290 g/mol. The van der Waals surface area contributed by atoms with E-state index in [1.165, 1.54) is 0 Å². The molecule has 21 heavy (non-hydrogen) atoms. The summed E-state index contributed by atoms with van der Waals surface area (Å²) in [6.45, 7) is 7.56. The Bertz CT molecular complexity index is 487. The monoisotopic (exact) mass is 290 g/mol. The van der Waals surface area contributed by atoms with E-state index in [2.05, 4.69) is 13.8 Å². The van der Waals surface area contributed by atoms with Crippen molar-refractivity contribution < 1.29 is 9.53 Å². The van der Waals surface area contributed by atoms with Crippen LogP contribution in [0.1, 0.15) is 45.2 Å². The Morgan fingerprint density at radius 2 is 2.10 bits per heavy atom. The van der Waals surface area contributed by atoms with Crippen molar-refractivity contribution in [3.8, 4) is 5.75 Å². The minimum atomic E-state index is -0.0867. The number of hydrogen-bond acceptors (Lipinski definition) is 3. The number of benzene rings is 1. The molecule has 0 spiro atoms. The Morgan fingerprint density at radius 3 is 2.76 bits per heavy atom. The molecule has 4 nitrogen and oxygen atoms in total. The molecular formula is C17H26N2O2. The van der Waals surface area contributed by atoms with E-state index in [1.54, 1.807) is 0 Å². The summed E-state index contributed by atoms with van der Waals surface area (Å²) in [4.78, 5) is 14.3. The third-order valence-corrected chi connectivity index (χ3v) is 3.85. The zero-order valence-corrected chi connectivity index (χ0v) is 13.2. The molecule has 1 saturated heterocycles. The first kappa shape index (κ1) is 15.8. The molecule has 1 aromatic carbocycles. The minimum absolute atomic E-state index is 0.0388. The highest BCUT2D eigenvalue weighted by Crippen LogP contribution is 2.36. The molecule has 1 heterocycles. The van der Waals surface area contributed by atoms with Crippen LogP contribution in [0.4, 0.5) is 0 Å². The highest BCUT2D eigenvalue weighted by atomic mass is 16.5. The summed E-state index contributed by atoms with van der Waals surface area (Å²) in [5.74, 6) is 1.45. The molecule has 1 aliphatic heterocycles. The molecule has 0 radical (unpaired) electrons. The molecule has 2 N–H and O–H groups in total. The van der Waals surface area contributed by atoms with Crippen molar-refractivity contribution in [3.05, 3.63) is 29.8 Å². The topological polar surface area (TPSA) is 55.6 Å². The maximum atomic E-state index is 12.4. The van der Waals surface area contributed by atoms with E-state index in [-0.39, 0.29) is 18.0 Å². The minimum Gasteiger partial charge on any atom is -0.494 e. The summed E-state index contributed by atoms with van der Waals surface area (Å²) >= 11 is 0. The number of likely N-dealkylation sites (tertiary alicyclic amines) is 1. The fourth-order valence-corrected chi connectivity index (χ4v) is 3.00. The number of piperidine rings is 1. The lowest BCUT2D eigenvalue weighted by Gasteiger charge is -2.41. The van der Waals surface area contributed by atoms with Gasteiger partial charge in [0.2, 0.25) is 5.91 Å². The molecule has 0 aliphatic carbocycles. The third kappa shape index (κ3) is 3.56. The molecule has 1 fully saturated rings. The first-order valence-corrected chi connectivity index (χ1v) is 7.81. The van der Waals surface area contributed by atoms with E-state index >= 15 is 0 Å². The normalized spacial score (nSPS) is 22.7. The van der Waals surface area contributed by atoms with Crippen LogP contribution in [0.3, 0.4) is 0 Å². The summed E-state index contributed by atoms with van der Waals surface area (Å²) in [6, 6.07) is 7.80. The molecule has 0 aromatic heterocycles. The Morgan fingerprint density at radius 1 is 1.38 bits per heavy atom. The molecule has 0 saturated carbocycles. The average Bonchev–Trinajstić information content (AvgIpc) is 2.44. The van der Waals surface area contributed by atoms with Crippen LogP contribution in [0.5, 0.6) is 5.75 Å². The zero-order valence-electron chi connectivity index (χ0n) is 13.2. The molecular weight excluding hydrogens is 264 g/mol. The van der Waals surface area contributed by atoms with E-state index in [9.17, 15) is 4.79 Å². The van der Waals surface area contributed by atoms with Gasteiger partial charge in [0.05, 0.1) is 12.6 Å². The molecule has 2 rings (SSSR count). The van der Waals surface area contributed by atoms with Crippen LogP contribution < -0.4 is 10.5 Å². The SMILES string of the molecule is CCOc1ccccc1C1C(N)CCC(=O)N1CC(C)C. The Kier molecular flexibility index (Phi) is 5.23.